The molecule has 0 aliphatic carbocycles. The van der Waals surface area contributed by atoms with Gasteiger partial charge in [-0.15, -0.1) is 0 Å². The maximum absolute atomic E-state index is 12.1. The molecule has 1 aromatic carbocycles. The topological polar surface area (TPSA) is 47.6 Å². The molecular weight excluding hydrogens is 218 g/mol. The third kappa shape index (κ3) is 2.26. The Balaban J connectivity index is 2.02. The van der Waals surface area contributed by atoms with Gasteiger partial charge in [0.2, 0.25) is 5.91 Å². The van der Waals surface area contributed by atoms with E-state index in [9.17, 15) is 4.79 Å². The van der Waals surface area contributed by atoms with E-state index in [1.807, 2.05) is 31.2 Å². The van der Waals surface area contributed by atoms with Crippen molar-refractivity contribution in [3.63, 3.8) is 0 Å². The highest BCUT2D eigenvalue weighted by Gasteiger charge is 2.44. The maximum Gasteiger partial charge on any atom is 0.235 e. The predicted molar refractivity (Wildman–Crippen MR) is 65.2 cm³/mol. The van der Waals surface area contributed by atoms with Crippen LogP contribution in [0.3, 0.4) is 0 Å². The summed E-state index contributed by atoms with van der Waals surface area (Å²) in [5.41, 5.74) is 0.454. The zero-order valence-electron chi connectivity index (χ0n) is 10.2. The molecule has 0 saturated carbocycles. The van der Waals surface area contributed by atoms with Gasteiger partial charge >= 0.3 is 0 Å². The van der Waals surface area contributed by atoms with Crippen LogP contribution in [0.1, 0.15) is 13.3 Å². The second-order valence-corrected chi connectivity index (χ2v) is 4.31. The van der Waals surface area contributed by atoms with Crippen LogP contribution in [0.25, 0.3) is 0 Å². The Morgan fingerprint density at radius 1 is 1.41 bits per heavy atom. The Morgan fingerprint density at radius 2 is 2.06 bits per heavy atom. The number of nitrogens with one attached hydrogen (secondary N) is 1. The number of anilines is 1. The number of methoxy groups -OCH3 is 1. The minimum Gasteiger partial charge on any atom is -0.497 e. The molecule has 0 radical (unpaired) electrons. The highest BCUT2D eigenvalue weighted by atomic mass is 16.5. The molecular formula is C13H17NO3. The first-order valence-electron chi connectivity index (χ1n) is 5.73. The zero-order chi connectivity index (χ0) is 12.3. The van der Waals surface area contributed by atoms with Crippen LogP contribution < -0.4 is 10.1 Å². The lowest BCUT2D eigenvalue weighted by Gasteiger charge is -2.38. The van der Waals surface area contributed by atoms with Gasteiger partial charge in [-0.05, 0) is 30.7 Å². The number of benzene rings is 1. The number of hydrogen-bond donors (Lipinski definition) is 1. The van der Waals surface area contributed by atoms with Gasteiger partial charge in [0, 0.05) is 5.69 Å². The molecule has 1 aliphatic heterocycles. The molecule has 1 fully saturated rings. The third-order valence-electron chi connectivity index (χ3n) is 3.26. The summed E-state index contributed by atoms with van der Waals surface area (Å²) in [6.45, 7) is 3.05. The van der Waals surface area contributed by atoms with Crippen molar-refractivity contribution in [3.05, 3.63) is 24.3 Å². The number of rotatable bonds is 4. The van der Waals surface area contributed by atoms with E-state index in [2.05, 4.69) is 5.32 Å². The molecule has 0 spiro atoms. The molecule has 1 N–H and O–H groups in total. The van der Waals surface area contributed by atoms with Crippen LogP contribution in [0.2, 0.25) is 0 Å². The molecule has 1 heterocycles. The van der Waals surface area contributed by atoms with Crippen molar-refractivity contribution in [2.75, 3.05) is 25.6 Å². The second-order valence-electron chi connectivity index (χ2n) is 4.31. The Hall–Kier alpha value is -1.55. The number of carbonyl (C=O) groups excluding carboxylic acids is 1. The number of carbonyl (C=O) groups is 1. The molecule has 0 unspecified atom stereocenters. The van der Waals surface area contributed by atoms with E-state index in [0.717, 1.165) is 17.9 Å². The number of amides is 1. The lowest BCUT2D eigenvalue weighted by molar-refractivity contribution is -0.156. The molecule has 4 nitrogen and oxygen atoms in total. The molecule has 2 rings (SSSR count). The first-order chi connectivity index (χ1) is 8.20. The number of ether oxygens (including phenoxy) is 2. The van der Waals surface area contributed by atoms with E-state index in [1.54, 1.807) is 7.11 Å². The van der Waals surface area contributed by atoms with Crippen LogP contribution in [-0.4, -0.2) is 26.2 Å². The zero-order valence-corrected chi connectivity index (χ0v) is 10.2. The Labute approximate surface area is 101 Å². The molecule has 1 aromatic rings. The summed E-state index contributed by atoms with van der Waals surface area (Å²) in [7, 11) is 1.62. The average molecular weight is 235 g/mol. The summed E-state index contributed by atoms with van der Waals surface area (Å²) in [6, 6.07) is 7.32. The van der Waals surface area contributed by atoms with Gasteiger partial charge in [-0.1, -0.05) is 6.92 Å². The minimum absolute atomic E-state index is 0.0383. The first kappa shape index (κ1) is 11.9. The van der Waals surface area contributed by atoms with Crippen LogP contribution in [0.15, 0.2) is 24.3 Å². The maximum atomic E-state index is 12.1. The molecule has 0 atom stereocenters. The largest absolute Gasteiger partial charge is 0.497 e. The molecule has 1 saturated heterocycles. The Bertz CT molecular complexity index is 390. The van der Waals surface area contributed by atoms with Crippen LogP contribution in [0, 0.1) is 5.41 Å². The van der Waals surface area contributed by atoms with Gasteiger partial charge in [0.05, 0.1) is 25.7 Å². The third-order valence-corrected chi connectivity index (χ3v) is 3.26. The van der Waals surface area contributed by atoms with E-state index in [1.165, 1.54) is 0 Å². The Kier molecular flexibility index (Phi) is 3.33. The monoisotopic (exact) mass is 235 g/mol. The standard InChI is InChI=1S/C13H17NO3/c1-3-13(8-17-9-13)12(15)14-10-4-6-11(16-2)7-5-10/h4-7H,3,8-9H2,1-2H3,(H,14,15). The molecule has 4 heteroatoms. The van der Waals surface area contributed by atoms with Gasteiger partial charge in [0.1, 0.15) is 5.75 Å². The first-order valence-corrected chi connectivity index (χ1v) is 5.73. The van der Waals surface area contributed by atoms with E-state index in [4.69, 9.17) is 9.47 Å². The van der Waals surface area contributed by atoms with Crippen molar-refractivity contribution in [2.45, 2.75) is 13.3 Å². The summed E-state index contributed by atoms with van der Waals surface area (Å²) < 4.78 is 10.2. The fraction of sp³-hybridized carbons (Fsp3) is 0.462. The summed E-state index contributed by atoms with van der Waals surface area (Å²) in [5.74, 6) is 0.816. The van der Waals surface area contributed by atoms with E-state index >= 15 is 0 Å². The summed E-state index contributed by atoms with van der Waals surface area (Å²) >= 11 is 0. The Morgan fingerprint density at radius 3 is 2.47 bits per heavy atom. The molecule has 1 aliphatic rings. The highest BCUT2D eigenvalue weighted by molar-refractivity contribution is 5.96. The van der Waals surface area contributed by atoms with Crippen molar-refractivity contribution in [1.82, 2.24) is 0 Å². The predicted octanol–water partition coefficient (Wildman–Crippen LogP) is 2.06. The van der Waals surface area contributed by atoms with Crippen molar-refractivity contribution in [3.8, 4) is 5.75 Å². The highest BCUT2D eigenvalue weighted by Crippen LogP contribution is 2.32. The fourth-order valence-electron chi connectivity index (χ4n) is 1.78. The summed E-state index contributed by atoms with van der Waals surface area (Å²) in [6.07, 6.45) is 0.801. The second kappa shape index (κ2) is 4.75. The van der Waals surface area contributed by atoms with Crippen molar-refractivity contribution in [2.24, 2.45) is 5.41 Å². The van der Waals surface area contributed by atoms with Crippen molar-refractivity contribution >= 4 is 11.6 Å². The van der Waals surface area contributed by atoms with Crippen molar-refractivity contribution < 1.29 is 14.3 Å². The quantitative estimate of drug-likeness (QED) is 0.869. The summed E-state index contributed by atoms with van der Waals surface area (Å²) in [5, 5.41) is 2.91. The van der Waals surface area contributed by atoms with Gasteiger partial charge in [-0.25, -0.2) is 0 Å². The lowest BCUT2D eigenvalue weighted by Crippen LogP contribution is -2.51. The van der Waals surface area contributed by atoms with E-state index < -0.39 is 0 Å². The molecule has 0 aromatic heterocycles. The van der Waals surface area contributed by atoms with Crippen LogP contribution in [-0.2, 0) is 9.53 Å². The summed E-state index contributed by atoms with van der Waals surface area (Å²) in [4.78, 5) is 12.1. The average Bonchev–Trinajstić information content (AvgIpc) is 2.29. The minimum atomic E-state index is -0.333. The van der Waals surface area contributed by atoms with E-state index in [0.29, 0.717) is 13.2 Å². The molecule has 0 bridgehead atoms. The van der Waals surface area contributed by atoms with Gasteiger partial charge in [0.25, 0.3) is 0 Å². The SMILES string of the molecule is CCC1(C(=O)Nc2ccc(OC)cc2)COC1. The van der Waals surface area contributed by atoms with Crippen LogP contribution >= 0.6 is 0 Å². The smallest absolute Gasteiger partial charge is 0.235 e. The van der Waals surface area contributed by atoms with E-state index in [-0.39, 0.29) is 11.3 Å². The fourth-order valence-corrected chi connectivity index (χ4v) is 1.78. The molecule has 1 amide bonds. The molecule has 92 valence electrons. The molecule has 17 heavy (non-hydrogen) atoms. The van der Waals surface area contributed by atoms with Crippen LogP contribution in [0.4, 0.5) is 5.69 Å². The van der Waals surface area contributed by atoms with Crippen molar-refractivity contribution in [1.29, 1.82) is 0 Å². The number of hydrogen-bond acceptors (Lipinski definition) is 3. The van der Waals surface area contributed by atoms with Gasteiger partial charge in [-0.2, -0.15) is 0 Å². The lowest BCUT2D eigenvalue weighted by atomic mass is 9.82. The van der Waals surface area contributed by atoms with Gasteiger partial charge in [0.15, 0.2) is 0 Å². The van der Waals surface area contributed by atoms with Gasteiger partial charge < -0.3 is 14.8 Å². The normalized spacial score (nSPS) is 17.1. The van der Waals surface area contributed by atoms with Crippen LogP contribution in [0.5, 0.6) is 5.75 Å². The van der Waals surface area contributed by atoms with Gasteiger partial charge in [-0.3, -0.25) is 4.79 Å².